The molecule has 1 aromatic carbocycles. The number of halogens is 1. The number of nitrogens with one attached hydrogen (secondary N) is 1. The minimum absolute atomic E-state index is 0.307. The summed E-state index contributed by atoms with van der Waals surface area (Å²) in [5, 5.41) is 3.19. The molecule has 100 valence electrons. The summed E-state index contributed by atoms with van der Waals surface area (Å²) < 4.78 is 6.87. The van der Waals surface area contributed by atoms with Gasteiger partial charge in [0.15, 0.2) is 0 Å². The third-order valence-electron chi connectivity index (χ3n) is 3.50. The van der Waals surface area contributed by atoms with Gasteiger partial charge in [-0.1, -0.05) is 28.1 Å². The standard InChI is InChI=1S/C14H21BrN2O/c1-11(12-3-5-13(15)6-4-12)17-7-8-18-14(10-17)9-16-2/h3-6,11,14,16H,7-10H2,1-2H3. The Balaban J connectivity index is 1.99. The summed E-state index contributed by atoms with van der Waals surface area (Å²) in [6, 6.07) is 9.05. The Morgan fingerprint density at radius 1 is 1.44 bits per heavy atom. The van der Waals surface area contributed by atoms with Crippen molar-refractivity contribution >= 4 is 15.9 Å². The summed E-state index contributed by atoms with van der Waals surface area (Å²) in [5.41, 5.74) is 1.36. The number of morpholine rings is 1. The Kier molecular flexibility index (Phi) is 5.18. The average molecular weight is 313 g/mol. The van der Waals surface area contributed by atoms with Gasteiger partial charge in [0, 0.05) is 30.1 Å². The third-order valence-corrected chi connectivity index (χ3v) is 4.03. The monoisotopic (exact) mass is 312 g/mol. The van der Waals surface area contributed by atoms with E-state index in [2.05, 4.69) is 57.3 Å². The van der Waals surface area contributed by atoms with Gasteiger partial charge < -0.3 is 10.1 Å². The number of benzene rings is 1. The molecule has 0 aromatic heterocycles. The van der Waals surface area contributed by atoms with Gasteiger partial charge in [-0.3, -0.25) is 4.90 Å². The fourth-order valence-electron chi connectivity index (χ4n) is 2.40. The molecule has 2 unspecified atom stereocenters. The van der Waals surface area contributed by atoms with Gasteiger partial charge in [0.05, 0.1) is 12.7 Å². The Morgan fingerprint density at radius 3 is 2.83 bits per heavy atom. The van der Waals surface area contributed by atoms with Crippen LogP contribution in [0.25, 0.3) is 0 Å². The zero-order valence-electron chi connectivity index (χ0n) is 11.0. The first-order valence-electron chi connectivity index (χ1n) is 6.46. The van der Waals surface area contributed by atoms with Gasteiger partial charge in [-0.2, -0.15) is 0 Å². The van der Waals surface area contributed by atoms with E-state index in [1.165, 1.54) is 5.56 Å². The molecule has 1 N–H and O–H groups in total. The van der Waals surface area contributed by atoms with Crippen LogP contribution < -0.4 is 5.32 Å². The summed E-state index contributed by atoms with van der Waals surface area (Å²) >= 11 is 3.48. The average Bonchev–Trinajstić information content (AvgIpc) is 2.39. The lowest BCUT2D eigenvalue weighted by molar-refractivity contribution is -0.0393. The van der Waals surface area contributed by atoms with Crippen LogP contribution in [0.5, 0.6) is 0 Å². The number of hydrogen-bond donors (Lipinski definition) is 1. The van der Waals surface area contributed by atoms with E-state index in [9.17, 15) is 0 Å². The van der Waals surface area contributed by atoms with Gasteiger partial charge in [-0.25, -0.2) is 0 Å². The quantitative estimate of drug-likeness (QED) is 0.924. The molecule has 0 radical (unpaired) electrons. The van der Waals surface area contributed by atoms with E-state index in [0.29, 0.717) is 12.1 Å². The van der Waals surface area contributed by atoms with Crippen molar-refractivity contribution in [2.75, 3.05) is 33.3 Å². The zero-order chi connectivity index (χ0) is 13.0. The highest BCUT2D eigenvalue weighted by Crippen LogP contribution is 2.23. The van der Waals surface area contributed by atoms with Crippen molar-refractivity contribution in [3.05, 3.63) is 34.3 Å². The van der Waals surface area contributed by atoms with Gasteiger partial charge in [-0.05, 0) is 31.7 Å². The van der Waals surface area contributed by atoms with Gasteiger partial charge in [0.2, 0.25) is 0 Å². The van der Waals surface area contributed by atoms with E-state index < -0.39 is 0 Å². The zero-order valence-corrected chi connectivity index (χ0v) is 12.6. The van der Waals surface area contributed by atoms with E-state index in [1.807, 2.05) is 7.05 Å². The molecule has 0 amide bonds. The van der Waals surface area contributed by atoms with Crippen LogP contribution in [-0.4, -0.2) is 44.3 Å². The summed E-state index contributed by atoms with van der Waals surface area (Å²) in [6.07, 6.45) is 0.307. The Labute approximate surface area is 118 Å². The van der Waals surface area contributed by atoms with Gasteiger partial charge in [0.1, 0.15) is 0 Å². The Bertz CT molecular complexity index is 367. The normalized spacial score (nSPS) is 22.9. The molecule has 18 heavy (non-hydrogen) atoms. The van der Waals surface area contributed by atoms with Crippen LogP contribution in [0.2, 0.25) is 0 Å². The molecule has 1 saturated heterocycles. The second-order valence-corrected chi connectivity index (χ2v) is 5.69. The van der Waals surface area contributed by atoms with Crippen LogP contribution in [-0.2, 0) is 4.74 Å². The molecule has 0 saturated carbocycles. The molecule has 1 aromatic rings. The lowest BCUT2D eigenvalue weighted by atomic mass is 10.1. The number of rotatable bonds is 4. The molecule has 4 heteroatoms. The van der Waals surface area contributed by atoms with Crippen molar-refractivity contribution in [1.29, 1.82) is 0 Å². The number of hydrogen-bond acceptors (Lipinski definition) is 3. The van der Waals surface area contributed by atoms with E-state index in [-0.39, 0.29) is 0 Å². The summed E-state index contributed by atoms with van der Waals surface area (Å²) in [7, 11) is 1.97. The second kappa shape index (κ2) is 6.66. The summed E-state index contributed by atoms with van der Waals surface area (Å²) in [5.74, 6) is 0. The highest BCUT2D eigenvalue weighted by molar-refractivity contribution is 9.10. The van der Waals surface area contributed by atoms with Crippen molar-refractivity contribution in [2.45, 2.75) is 19.1 Å². The number of likely N-dealkylation sites (N-methyl/N-ethyl adjacent to an activating group) is 1. The minimum Gasteiger partial charge on any atom is -0.374 e. The van der Waals surface area contributed by atoms with Gasteiger partial charge >= 0.3 is 0 Å². The maximum Gasteiger partial charge on any atom is 0.0826 e. The molecule has 1 aliphatic rings. The van der Waals surface area contributed by atoms with Crippen molar-refractivity contribution in [3.63, 3.8) is 0 Å². The van der Waals surface area contributed by atoms with Crippen LogP contribution in [0.1, 0.15) is 18.5 Å². The van der Waals surface area contributed by atoms with E-state index >= 15 is 0 Å². The number of ether oxygens (including phenoxy) is 1. The Morgan fingerprint density at radius 2 is 2.17 bits per heavy atom. The van der Waals surface area contributed by atoms with Crippen molar-refractivity contribution in [3.8, 4) is 0 Å². The Hall–Kier alpha value is -0.420. The highest BCUT2D eigenvalue weighted by atomic mass is 79.9. The third kappa shape index (κ3) is 3.54. The van der Waals surface area contributed by atoms with Crippen LogP contribution in [0.4, 0.5) is 0 Å². The van der Waals surface area contributed by atoms with Crippen LogP contribution >= 0.6 is 15.9 Å². The smallest absolute Gasteiger partial charge is 0.0826 e. The lowest BCUT2D eigenvalue weighted by Crippen LogP contribution is -2.46. The van der Waals surface area contributed by atoms with Gasteiger partial charge in [0.25, 0.3) is 0 Å². The summed E-state index contributed by atoms with van der Waals surface area (Å²) in [6.45, 7) is 6.03. The molecule has 0 spiro atoms. The second-order valence-electron chi connectivity index (χ2n) is 4.77. The predicted octanol–water partition coefficient (Wildman–Crippen LogP) is 2.43. The van der Waals surface area contributed by atoms with Gasteiger partial charge in [-0.15, -0.1) is 0 Å². The maximum absolute atomic E-state index is 5.74. The molecule has 1 heterocycles. The first kappa shape index (κ1) is 14.0. The molecule has 0 aliphatic carbocycles. The first-order valence-corrected chi connectivity index (χ1v) is 7.25. The fraction of sp³-hybridized carbons (Fsp3) is 0.571. The molecular weight excluding hydrogens is 292 g/mol. The van der Waals surface area contributed by atoms with Crippen molar-refractivity contribution in [1.82, 2.24) is 10.2 Å². The van der Waals surface area contributed by atoms with Crippen LogP contribution in [0, 0.1) is 0 Å². The molecule has 2 rings (SSSR count). The maximum atomic E-state index is 5.74. The predicted molar refractivity (Wildman–Crippen MR) is 77.8 cm³/mol. The fourth-order valence-corrected chi connectivity index (χ4v) is 2.66. The molecule has 3 nitrogen and oxygen atoms in total. The molecule has 1 aliphatic heterocycles. The lowest BCUT2D eigenvalue weighted by Gasteiger charge is -2.37. The van der Waals surface area contributed by atoms with Crippen molar-refractivity contribution < 1.29 is 4.74 Å². The van der Waals surface area contributed by atoms with Crippen molar-refractivity contribution in [2.24, 2.45) is 0 Å². The van der Waals surface area contributed by atoms with E-state index in [1.54, 1.807) is 0 Å². The molecular formula is C14H21BrN2O. The largest absolute Gasteiger partial charge is 0.374 e. The first-order chi connectivity index (χ1) is 8.70. The number of nitrogens with zero attached hydrogens (tertiary/aromatic N) is 1. The summed E-state index contributed by atoms with van der Waals surface area (Å²) in [4.78, 5) is 2.49. The highest BCUT2D eigenvalue weighted by Gasteiger charge is 2.24. The molecule has 1 fully saturated rings. The molecule has 2 atom stereocenters. The molecule has 0 bridgehead atoms. The SMILES string of the molecule is CNCC1CN(C(C)c2ccc(Br)cc2)CCO1. The van der Waals surface area contributed by atoms with Crippen LogP contribution in [0.3, 0.4) is 0 Å². The minimum atomic E-state index is 0.307. The van der Waals surface area contributed by atoms with Crippen LogP contribution in [0.15, 0.2) is 28.7 Å². The van der Waals surface area contributed by atoms with E-state index in [4.69, 9.17) is 4.74 Å². The topological polar surface area (TPSA) is 24.5 Å². The van der Waals surface area contributed by atoms with E-state index in [0.717, 1.165) is 30.7 Å².